The van der Waals surface area contributed by atoms with Crippen LogP contribution in [-0.4, -0.2) is 64.3 Å². The molecule has 1 aromatic carbocycles. The van der Waals surface area contributed by atoms with Crippen molar-refractivity contribution >= 4 is 43.3 Å². The van der Waals surface area contributed by atoms with Gasteiger partial charge in [0.15, 0.2) is 16.4 Å². The number of ether oxygens (including phenoxy) is 1. The number of halogens is 1. The van der Waals surface area contributed by atoms with Crippen LogP contribution in [-0.2, 0) is 29.4 Å². The van der Waals surface area contributed by atoms with E-state index in [1.165, 1.54) is 17.0 Å². The molecule has 0 saturated carbocycles. The number of esters is 1. The van der Waals surface area contributed by atoms with Gasteiger partial charge in [0.1, 0.15) is 4.90 Å². The fraction of sp³-hybridized carbons (Fsp3) is 0.467. The van der Waals surface area contributed by atoms with Crippen LogP contribution in [0.4, 0.5) is 0 Å². The van der Waals surface area contributed by atoms with Gasteiger partial charge in [0.25, 0.3) is 5.91 Å². The number of sulfonamides is 1. The van der Waals surface area contributed by atoms with E-state index < -0.39 is 49.3 Å². The Balaban J connectivity index is 2.05. The second-order valence-electron chi connectivity index (χ2n) is 6.00. The first-order chi connectivity index (χ1) is 12.4. The molecule has 1 saturated heterocycles. The lowest BCUT2D eigenvalue weighted by Gasteiger charge is -2.26. The summed E-state index contributed by atoms with van der Waals surface area (Å²) in [5, 5.41) is 4.88. The summed E-state index contributed by atoms with van der Waals surface area (Å²) in [7, 11) is -7.30. The average molecular weight is 439 g/mol. The molecule has 0 radical (unpaired) electrons. The number of nitrogens with two attached hydrogens (primary N) is 1. The Morgan fingerprint density at radius 3 is 2.56 bits per heavy atom. The number of carbonyl (C=O) groups is 2. The standard InChI is InChI=1S/C15H19ClN2O7S2/c1-2-18(11-5-6-26(21,22)9-11)14(19)8-25-15(20)10-3-4-12(16)13(7-10)27(17,23)24/h3-4,7,11H,2,5-6,8-9H2,1H3,(H2,17,23,24). The molecule has 27 heavy (non-hydrogen) atoms. The number of rotatable bonds is 6. The molecular weight excluding hydrogens is 420 g/mol. The van der Waals surface area contributed by atoms with E-state index in [-0.39, 0.29) is 28.6 Å². The summed E-state index contributed by atoms with van der Waals surface area (Å²) >= 11 is 5.75. The zero-order chi connectivity index (χ0) is 20.4. The molecule has 2 N–H and O–H groups in total. The first-order valence-corrected chi connectivity index (χ1v) is 11.7. The number of carbonyl (C=O) groups excluding carboxylic acids is 2. The van der Waals surface area contributed by atoms with Crippen molar-refractivity contribution in [3.05, 3.63) is 28.8 Å². The van der Waals surface area contributed by atoms with E-state index in [1.807, 2.05) is 0 Å². The summed E-state index contributed by atoms with van der Waals surface area (Å²) < 4.78 is 51.0. The highest BCUT2D eigenvalue weighted by molar-refractivity contribution is 7.91. The molecule has 1 atom stereocenters. The summed E-state index contributed by atoms with van der Waals surface area (Å²) in [5.74, 6) is -1.56. The number of likely N-dealkylation sites (N-methyl/N-ethyl adjacent to an activating group) is 1. The van der Waals surface area contributed by atoms with Gasteiger partial charge in [0, 0.05) is 12.6 Å². The fourth-order valence-corrected chi connectivity index (χ4v) is 5.60. The highest BCUT2D eigenvalue weighted by Crippen LogP contribution is 2.22. The van der Waals surface area contributed by atoms with Crippen LogP contribution in [0.25, 0.3) is 0 Å². The zero-order valence-corrected chi connectivity index (χ0v) is 16.8. The number of hydrogen-bond acceptors (Lipinski definition) is 7. The van der Waals surface area contributed by atoms with Crippen LogP contribution in [0.15, 0.2) is 23.1 Å². The van der Waals surface area contributed by atoms with Gasteiger partial charge in [-0.2, -0.15) is 0 Å². The van der Waals surface area contributed by atoms with Crippen molar-refractivity contribution < 1.29 is 31.2 Å². The number of nitrogens with zero attached hydrogens (tertiary/aromatic N) is 1. The van der Waals surface area contributed by atoms with Crippen molar-refractivity contribution in [2.75, 3.05) is 24.7 Å². The van der Waals surface area contributed by atoms with Gasteiger partial charge in [0.2, 0.25) is 10.0 Å². The third kappa shape index (κ3) is 5.41. The molecule has 1 fully saturated rings. The maximum atomic E-state index is 12.3. The molecule has 0 aliphatic carbocycles. The van der Waals surface area contributed by atoms with Gasteiger partial charge in [-0.3, -0.25) is 4.79 Å². The topological polar surface area (TPSA) is 141 Å². The van der Waals surface area contributed by atoms with Gasteiger partial charge in [0.05, 0.1) is 22.1 Å². The third-order valence-corrected chi connectivity index (χ3v) is 7.25. The summed E-state index contributed by atoms with van der Waals surface area (Å²) in [6.45, 7) is 1.37. The molecule has 1 unspecified atom stereocenters. The first kappa shape index (κ1) is 21.6. The minimum Gasteiger partial charge on any atom is -0.452 e. The van der Waals surface area contributed by atoms with E-state index in [0.717, 1.165) is 6.07 Å². The van der Waals surface area contributed by atoms with Gasteiger partial charge in [-0.1, -0.05) is 11.6 Å². The second kappa shape index (κ2) is 8.13. The van der Waals surface area contributed by atoms with Crippen LogP contribution < -0.4 is 5.14 Å². The monoisotopic (exact) mass is 438 g/mol. The highest BCUT2D eigenvalue weighted by atomic mass is 35.5. The Hall–Kier alpha value is -1.69. The first-order valence-electron chi connectivity index (χ1n) is 7.94. The minimum absolute atomic E-state index is 0.0162. The molecule has 0 spiro atoms. The predicted octanol–water partition coefficient (Wildman–Crippen LogP) is 0.180. The number of hydrogen-bond donors (Lipinski definition) is 1. The van der Waals surface area contributed by atoms with Crippen molar-refractivity contribution in [1.29, 1.82) is 0 Å². The van der Waals surface area contributed by atoms with E-state index >= 15 is 0 Å². The molecule has 0 bridgehead atoms. The van der Waals surface area contributed by atoms with Gasteiger partial charge >= 0.3 is 5.97 Å². The molecule has 0 aromatic heterocycles. The van der Waals surface area contributed by atoms with E-state index in [1.54, 1.807) is 6.92 Å². The summed E-state index contributed by atoms with van der Waals surface area (Å²) in [6, 6.07) is 2.94. The van der Waals surface area contributed by atoms with Crippen molar-refractivity contribution in [3.8, 4) is 0 Å². The molecule has 12 heteroatoms. The van der Waals surface area contributed by atoms with Crippen LogP contribution in [0.5, 0.6) is 0 Å². The second-order valence-corrected chi connectivity index (χ2v) is 10.2. The van der Waals surface area contributed by atoms with Crippen LogP contribution in [0, 0.1) is 0 Å². The largest absolute Gasteiger partial charge is 0.452 e. The average Bonchev–Trinajstić information content (AvgIpc) is 2.92. The third-order valence-electron chi connectivity index (χ3n) is 4.11. The quantitative estimate of drug-likeness (QED) is 0.624. The number of sulfone groups is 1. The van der Waals surface area contributed by atoms with Crippen molar-refractivity contribution in [1.82, 2.24) is 4.90 Å². The molecular formula is C15H19ClN2O7S2. The van der Waals surface area contributed by atoms with Gasteiger partial charge in [-0.05, 0) is 31.5 Å². The Morgan fingerprint density at radius 1 is 1.37 bits per heavy atom. The molecule has 9 nitrogen and oxygen atoms in total. The molecule has 1 aliphatic rings. The van der Waals surface area contributed by atoms with E-state index in [2.05, 4.69) is 0 Å². The van der Waals surface area contributed by atoms with Crippen LogP contribution in [0.2, 0.25) is 5.02 Å². The van der Waals surface area contributed by atoms with E-state index in [0.29, 0.717) is 6.42 Å². The normalized spacial score (nSPS) is 18.9. The van der Waals surface area contributed by atoms with Gasteiger partial charge in [-0.15, -0.1) is 0 Å². The Kier molecular flexibility index (Phi) is 6.51. The Labute approximate surface area is 162 Å². The van der Waals surface area contributed by atoms with Crippen LogP contribution >= 0.6 is 11.6 Å². The summed E-state index contributed by atoms with van der Waals surface area (Å²) in [5.41, 5.74) is -0.136. The molecule has 1 aromatic rings. The van der Waals surface area contributed by atoms with Gasteiger partial charge in [-0.25, -0.2) is 26.8 Å². The van der Waals surface area contributed by atoms with Crippen molar-refractivity contribution in [2.24, 2.45) is 5.14 Å². The number of primary sulfonamides is 1. The SMILES string of the molecule is CCN(C(=O)COC(=O)c1ccc(Cl)c(S(N)(=O)=O)c1)C1CCS(=O)(=O)C1. The fourth-order valence-electron chi connectivity index (χ4n) is 2.80. The molecule has 1 heterocycles. The lowest BCUT2D eigenvalue weighted by atomic mass is 10.2. The Morgan fingerprint density at radius 2 is 2.04 bits per heavy atom. The van der Waals surface area contributed by atoms with Crippen molar-refractivity contribution in [2.45, 2.75) is 24.3 Å². The van der Waals surface area contributed by atoms with Gasteiger partial charge < -0.3 is 9.64 Å². The minimum atomic E-state index is -4.13. The Bertz CT molecular complexity index is 960. The molecule has 150 valence electrons. The smallest absolute Gasteiger partial charge is 0.338 e. The molecule has 1 amide bonds. The maximum Gasteiger partial charge on any atom is 0.338 e. The highest BCUT2D eigenvalue weighted by Gasteiger charge is 2.34. The number of amides is 1. The maximum absolute atomic E-state index is 12.3. The van der Waals surface area contributed by atoms with E-state index in [9.17, 15) is 26.4 Å². The molecule has 2 rings (SSSR count). The number of benzene rings is 1. The molecule has 1 aliphatic heterocycles. The van der Waals surface area contributed by atoms with Crippen molar-refractivity contribution in [3.63, 3.8) is 0 Å². The van der Waals surface area contributed by atoms with Crippen LogP contribution in [0.1, 0.15) is 23.7 Å². The lowest BCUT2D eigenvalue weighted by Crippen LogP contribution is -2.43. The predicted molar refractivity (Wildman–Crippen MR) is 97.6 cm³/mol. The summed E-state index contributed by atoms with van der Waals surface area (Å²) in [6.07, 6.45) is 0.338. The van der Waals surface area contributed by atoms with E-state index in [4.69, 9.17) is 21.5 Å². The zero-order valence-electron chi connectivity index (χ0n) is 14.4. The van der Waals surface area contributed by atoms with Crippen LogP contribution in [0.3, 0.4) is 0 Å². The summed E-state index contributed by atoms with van der Waals surface area (Å²) in [4.78, 5) is 25.3. The lowest BCUT2D eigenvalue weighted by molar-refractivity contribution is -0.136.